The smallest absolute Gasteiger partial charge is 0.160 e. The number of benzene rings is 5. The maximum atomic E-state index is 11.9. The molecule has 2 aliphatic carbocycles. The van der Waals surface area contributed by atoms with Gasteiger partial charge in [0.1, 0.15) is 29.0 Å². The van der Waals surface area contributed by atoms with Gasteiger partial charge in [-0.05, 0) is 151 Å². The van der Waals surface area contributed by atoms with Crippen LogP contribution in [-0.2, 0) is 30.4 Å². The molecular weight excluding hydrogens is 919 g/mol. The van der Waals surface area contributed by atoms with E-state index < -0.39 is 23.4 Å². The van der Waals surface area contributed by atoms with Crippen molar-refractivity contribution in [3.05, 3.63) is 140 Å². The molecule has 13 nitrogen and oxygen atoms in total. The van der Waals surface area contributed by atoms with Crippen LogP contribution in [0.2, 0.25) is 0 Å². The van der Waals surface area contributed by atoms with Crippen molar-refractivity contribution in [1.82, 2.24) is 21.3 Å². The summed E-state index contributed by atoms with van der Waals surface area (Å²) in [5.41, 5.74) is 9.62. The fourth-order valence-corrected chi connectivity index (χ4v) is 12.5. The Hall–Kier alpha value is -5.77. The number of aliphatic hydroxyl groups is 2. The van der Waals surface area contributed by atoms with Gasteiger partial charge >= 0.3 is 0 Å². The quantitative estimate of drug-likeness (QED) is 0.0298. The van der Waals surface area contributed by atoms with E-state index in [0.29, 0.717) is 82.4 Å². The van der Waals surface area contributed by atoms with Gasteiger partial charge in [-0.15, -0.1) is 0 Å². The molecule has 0 bridgehead atoms. The van der Waals surface area contributed by atoms with Crippen LogP contribution in [0.1, 0.15) is 102 Å². The van der Waals surface area contributed by atoms with Crippen molar-refractivity contribution in [2.24, 2.45) is 10.9 Å². The van der Waals surface area contributed by atoms with E-state index in [4.69, 9.17) is 23.9 Å². The minimum Gasteiger partial charge on any atom is -0.507 e. The van der Waals surface area contributed by atoms with E-state index in [-0.39, 0.29) is 36.7 Å². The summed E-state index contributed by atoms with van der Waals surface area (Å²) in [6, 6.07) is 26.6. The maximum absolute atomic E-state index is 11.9. The Labute approximate surface area is 429 Å². The number of fused-ring (bicyclic) bond motifs is 8. The molecule has 386 valence electrons. The first kappa shape index (κ1) is 50.7. The van der Waals surface area contributed by atoms with Gasteiger partial charge in [0.15, 0.2) is 17.6 Å². The van der Waals surface area contributed by atoms with Crippen LogP contribution >= 0.6 is 0 Å². The Kier molecular flexibility index (Phi) is 15.0. The number of hydrogen-bond donors (Lipinski definition) is 8. The molecule has 6 atom stereocenters. The van der Waals surface area contributed by atoms with Gasteiger partial charge in [-0.25, -0.2) is 0 Å². The molecular formula is C60H73N5O8. The number of nitrogens with zero attached hydrogens (tertiary/aromatic N) is 1. The predicted octanol–water partition coefficient (Wildman–Crippen LogP) is 6.46. The number of rotatable bonds is 21. The monoisotopic (exact) mass is 992 g/mol. The number of aliphatic hydroxyl groups excluding tert-OH is 1. The third kappa shape index (κ3) is 10.3. The Morgan fingerprint density at radius 3 is 2.53 bits per heavy atom. The van der Waals surface area contributed by atoms with Gasteiger partial charge in [0.25, 0.3) is 0 Å². The lowest BCUT2D eigenvalue weighted by atomic mass is 9.62. The molecule has 0 unspecified atom stereocenters. The first-order valence-electron chi connectivity index (χ1n) is 26.3. The van der Waals surface area contributed by atoms with Gasteiger partial charge in [0.05, 0.1) is 38.0 Å². The normalized spacial score (nSPS) is 22.0. The fourth-order valence-electron chi connectivity index (χ4n) is 12.5. The van der Waals surface area contributed by atoms with Crippen molar-refractivity contribution in [3.8, 4) is 39.9 Å². The average Bonchev–Trinajstić information content (AvgIpc) is 3.87. The van der Waals surface area contributed by atoms with Crippen LogP contribution in [0.5, 0.6) is 28.7 Å². The summed E-state index contributed by atoms with van der Waals surface area (Å²) < 4.78 is 27.3. The third-order valence-corrected chi connectivity index (χ3v) is 15.6. The van der Waals surface area contributed by atoms with Gasteiger partial charge < -0.3 is 55.3 Å². The molecule has 8 N–H and O–H groups in total. The number of phenols is 2. The van der Waals surface area contributed by atoms with E-state index in [1.807, 2.05) is 32.2 Å². The van der Waals surface area contributed by atoms with Gasteiger partial charge in [0.2, 0.25) is 0 Å². The first-order chi connectivity index (χ1) is 35.4. The molecule has 73 heavy (non-hydrogen) atoms. The zero-order valence-electron chi connectivity index (χ0n) is 43.0. The lowest BCUT2D eigenvalue weighted by Crippen LogP contribution is -2.56. The summed E-state index contributed by atoms with van der Waals surface area (Å²) in [7, 11) is 3.41. The molecule has 10 rings (SSSR count). The van der Waals surface area contributed by atoms with Crippen LogP contribution in [-0.4, -0.2) is 105 Å². The molecule has 3 aliphatic heterocycles. The first-order valence-corrected chi connectivity index (χ1v) is 26.3. The van der Waals surface area contributed by atoms with Crippen molar-refractivity contribution in [1.29, 1.82) is 0 Å². The molecule has 3 heterocycles. The number of aryl methyl sites for hydroxylation is 1. The summed E-state index contributed by atoms with van der Waals surface area (Å²) in [6.07, 6.45) is 8.27. The van der Waals surface area contributed by atoms with E-state index in [0.717, 1.165) is 80.2 Å². The molecule has 0 saturated carbocycles. The molecule has 0 radical (unpaired) electrons. The lowest BCUT2D eigenvalue weighted by Gasteiger charge is -2.48. The van der Waals surface area contributed by atoms with Crippen molar-refractivity contribution >= 4 is 12.2 Å². The summed E-state index contributed by atoms with van der Waals surface area (Å²) in [6.45, 7) is 9.52. The zero-order chi connectivity index (χ0) is 50.9. The van der Waals surface area contributed by atoms with E-state index in [2.05, 4.69) is 102 Å². The molecule has 5 aromatic carbocycles. The Bertz CT molecular complexity index is 2980. The average molecular weight is 992 g/mol. The molecule has 5 aromatic rings. The predicted molar refractivity (Wildman–Crippen MR) is 285 cm³/mol. The number of hydrogen-bond acceptors (Lipinski definition) is 13. The van der Waals surface area contributed by atoms with Crippen molar-refractivity contribution in [2.75, 3.05) is 66.9 Å². The molecule has 0 amide bonds. The molecule has 0 spiro atoms. The molecule has 5 aliphatic rings. The topological polar surface area (TPSA) is 178 Å². The van der Waals surface area contributed by atoms with Gasteiger partial charge in [-0.3, -0.25) is 10.3 Å². The molecule has 0 saturated heterocycles. The minimum absolute atomic E-state index is 0.0208. The van der Waals surface area contributed by atoms with Gasteiger partial charge in [-0.1, -0.05) is 68.5 Å². The van der Waals surface area contributed by atoms with Crippen LogP contribution in [0.25, 0.3) is 23.3 Å². The highest BCUT2D eigenvalue weighted by Gasteiger charge is 2.51. The van der Waals surface area contributed by atoms with Crippen molar-refractivity contribution in [3.63, 3.8) is 0 Å². The van der Waals surface area contributed by atoms with E-state index in [1.54, 1.807) is 13.2 Å². The van der Waals surface area contributed by atoms with Gasteiger partial charge in [0, 0.05) is 60.9 Å². The highest BCUT2D eigenvalue weighted by molar-refractivity contribution is 5.89. The second kappa shape index (κ2) is 21.6. The van der Waals surface area contributed by atoms with Crippen molar-refractivity contribution in [2.45, 2.75) is 101 Å². The second-order valence-electron chi connectivity index (χ2n) is 21.5. The summed E-state index contributed by atoms with van der Waals surface area (Å²) in [5, 5.41) is 61.0. The number of phenolic OH excluding ortho intramolecular Hbond substituents is 2. The van der Waals surface area contributed by atoms with E-state index in [1.165, 1.54) is 16.7 Å². The van der Waals surface area contributed by atoms with Crippen LogP contribution < -0.4 is 46.1 Å². The number of nitrogens with one attached hydrogen (secondary N) is 4. The zero-order valence-corrected chi connectivity index (χ0v) is 43.0. The number of ether oxygens (including phenoxy) is 4. The number of aromatic hydroxyl groups is 2. The third-order valence-electron chi connectivity index (χ3n) is 15.6. The summed E-state index contributed by atoms with van der Waals surface area (Å²) >= 11 is 0. The minimum atomic E-state index is -1.02. The second-order valence-corrected chi connectivity index (χ2v) is 21.5. The Balaban J connectivity index is 1.11. The molecule has 13 heteroatoms. The van der Waals surface area contributed by atoms with Crippen LogP contribution in [0.15, 0.2) is 89.4 Å². The van der Waals surface area contributed by atoms with E-state index >= 15 is 0 Å². The summed E-state index contributed by atoms with van der Waals surface area (Å²) in [5.74, 6) is 2.27. The van der Waals surface area contributed by atoms with Crippen LogP contribution in [0.3, 0.4) is 0 Å². The lowest BCUT2D eigenvalue weighted by molar-refractivity contribution is -0.129. The van der Waals surface area contributed by atoms with Crippen LogP contribution in [0, 0.1) is 5.92 Å². The maximum Gasteiger partial charge on any atom is 0.160 e. The highest BCUT2D eigenvalue weighted by atomic mass is 16.6. The molecule has 0 aromatic heterocycles. The summed E-state index contributed by atoms with van der Waals surface area (Å²) in [4.78, 5) is 4.76. The standard InChI is InChI=1S/C60H73N5O8/c1-36(2)28-59(3,69)32-63-34-64-33-60(71-35-61-4)29-48-45-27-47-53(39-13-18-49-38(24-39)21-23-65-49)41(30-62-22-9-12-37-10-7-6-8-11-37)25-46-50(67)20-17-43(54(46)47)55(45)57-44(16-15-42(31-66)72-57)56(48)73-58(60)40-14-19-51(68)52(26-40)70-5/h6-8,10-11,13-14,17-21,24-26,36,42,47,53,58,61-64,66-69H,9,12,15-16,22-23,27-35H2,1-5H3/t42-,47-,53+,58-,59+,60+/m1/s1. The van der Waals surface area contributed by atoms with E-state index in [9.17, 15) is 20.4 Å². The Morgan fingerprint density at radius 2 is 1.74 bits per heavy atom. The van der Waals surface area contributed by atoms with Gasteiger partial charge in [-0.2, -0.15) is 0 Å². The molecule has 0 fully saturated rings. The number of methoxy groups -OCH3 is 1. The SMILES string of the molecule is CNCO[C@]1(CNCNC[C@@](C)(O)CC(C)C)Cc2c3c(c4c(c2O[C@@H]1c1ccc(O)c(OC)c1)CC[C@H](CO)O4)-c1ccc(O)c2c1[C@H](C3)[C@@H](c1ccc3c(c1)=CCN=3)C(CNCCCc1ccccc1)=C2. The Morgan fingerprint density at radius 1 is 0.918 bits per heavy atom. The van der Waals surface area contributed by atoms with Crippen molar-refractivity contribution < 1.29 is 39.4 Å². The van der Waals surface area contributed by atoms with Crippen LogP contribution in [0.4, 0.5) is 0 Å². The highest BCUT2D eigenvalue weighted by Crippen LogP contribution is 2.61. The fraction of sp³-hybridized carbons (Fsp3) is 0.450. The largest absolute Gasteiger partial charge is 0.507 e.